The minimum Gasteiger partial charge on any atom is -0.497 e. The molecule has 0 amide bonds. The first-order valence-corrected chi connectivity index (χ1v) is 11.1. The SMILES string of the molecule is COc1ccc(CNC(=S)Nc2cccc(S(=O)(=O)N(C)c3ccccc3)c2)cc1. The van der Waals surface area contributed by atoms with Gasteiger partial charge in [-0.15, -0.1) is 0 Å². The standard InChI is InChI=1S/C22H23N3O3S2/c1-25(19-8-4-3-5-9-19)30(26,27)21-10-6-7-18(15-21)24-22(29)23-16-17-11-13-20(28-2)14-12-17/h3-15H,16H2,1-2H3,(H2,23,24,29). The second-order valence-corrected chi connectivity index (χ2v) is 8.87. The van der Waals surface area contributed by atoms with Gasteiger partial charge in [0.05, 0.1) is 17.7 Å². The van der Waals surface area contributed by atoms with Crippen LogP contribution in [-0.2, 0) is 16.6 Å². The average molecular weight is 442 g/mol. The summed E-state index contributed by atoms with van der Waals surface area (Å²) in [6.07, 6.45) is 0. The number of anilines is 2. The van der Waals surface area contributed by atoms with Crippen molar-refractivity contribution in [2.45, 2.75) is 11.4 Å². The minimum absolute atomic E-state index is 0.178. The molecule has 0 atom stereocenters. The van der Waals surface area contributed by atoms with Crippen molar-refractivity contribution in [3.8, 4) is 5.75 Å². The van der Waals surface area contributed by atoms with Gasteiger partial charge in [0.15, 0.2) is 5.11 Å². The molecule has 3 aromatic carbocycles. The Labute approximate surface area is 182 Å². The van der Waals surface area contributed by atoms with Gasteiger partial charge in [0, 0.05) is 19.3 Å². The van der Waals surface area contributed by atoms with Crippen LogP contribution in [0.25, 0.3) is 0 Å². The first kappa shape index (κ1) is 21.6. The van der Waals surface area contributed by atoms with Crippen molar-refractivity contribution >= 4 is 38.7 Å². The molecule has 3 aromatic rings. The van der Waals surface area contributed by atoms with Crippen molar-refractivity contribution in [1.82, 2.24) is 5.32 Å². The highest BCUT2D eigenvalue weighted by Gasteiger charge is 2.21. The summed E-state index contributed by atoms with van der Waals surface area (Å²) in [7, 11) is -0.538. The summed E-state index contributed by atoms with van der Waals surface area (Å²) in [5.74, 6) is 0.790. The molecule has 2 N–H and O–H groups in total. The number of hydrogen-bond acceptors (Lipinski definition) is 4. The Morgan fingerprint density at radius 1 is 1.00 bits per heavy atom. The Balaban J connectivity index is 1.66. The maximum Gasteiger partial charge on any atom is 0.264 e. The maximum atomic E-state index is 13.0. The number of hydrogen-bond donors (Lipinski definition) is 2. The van der Waals surface area contributed by atoms with Crippen LogP contribution in [0.3, 0.4) is 0 Å². The van der Waals surface area contributed by atoms with E-state index >= 15 is 0 Å². The first-order chi connectivity index (χ1) is 14.4. The normalized spacial score (nSPS) is 10.9. The van der Waals surface area contributed by atoms with Gasteiger partial charge in [-0.1, -0.05) is 36.4 Å². The number of sulfonamides is 1. The lowest BCUT2D eigenvalue weighted by atomic mass is 10.2. The summed E-state index contributed by atoms with van der Waals surface area (Å²) in [4.78, 5) is 0.178. The number of ether oxygens (including phenoxy) is 1. The van der Waals surface area contributed by atoms with Crippen LogP contribution < -0.4 is 19.7 Å². The quantitative estimate of drug-likeness (QED) is 0.540. The van der Waals surface area contributed by atoms with Crippen LogP contribution in [0.5, 0.6) is 5.75 Å². The van der Waals surface area contributed by atoms with Crippen molar-refractivity contribution in [2.24, 2.45) is 0 Å². The molecule has 30 heavy (non-hydrogen) atoms. The number of nitrogens with zero attached hydrogens (tertiary/aromatic N) is 1. The highest BCUT2D eigenvalue weighted by molar-refractivity contribution is 7.92. The van der Waals surface area contributed by atoms with Crippen molar-refractivity contribution < 1.29 is 13.2 Å². The van der Waals surface area contributed by atoms with Gasteiger partial charge in [-0.05, 0) is 60.2 Å². The van der Waals surface area contributed by atoms with Crippen molar-refractivity contribution in [3.05, 3.63) is 84.4 Å². The highest BCUT2D eigenvalue weighted by Crippen LogP contribution is 2.23. The number of methoxy groups -OCH3 is 1. The third-order valence-electron chi connectivity index (χ3n) is 4.48. The summed E-state index contributed by atoms with van der Waals surface area (Å²) in [6, 6.07) is 23.2. The maximum absolute atomic E-state index is 13.0. The molecule has 0 saturated heterocycles. The Morgan fingerprint density at radius 2 is 1.70 bits per heavy atom. The van der Waals surface area contributed by atoms with E-state index in [9.17, 15) is 8.42 Å². The van der Waals surface area contributed by atoms with Crippen molar-refractivity contribution in [1.29, 1.82) is 0 Å². The molecule has 0 saturated carbocycles. The molecule has 6 nitrogen and oxygen atoms in total. The Kier molecular flexibility index (Phi) is 6.91. The smallest absolute Gasteiger partial charge is 0.264 e. The zero-order valence-electron chi connectivity index (χ0n) is 16.7. The van der Waals surface area contributed by atoms with Crippen LogP contribution in [-0.4, -0.2) is 27.7 Å². The van der Waals surface area contributed by atoms with Crippen LogP contribution in [0, 0.1) is 0 Å². The fourth-order valence-electron chi connectivity index (χ4n) is 2.77. The lowest BCUT2D eigenvalue weighted by Gasteiger charge is -2.20. The molecule has 3 rings (SSSR count). The Hall–Kier alpha value is -3.10. The summed E-state index contributed by atoms with van der Waals surface area (Å²) < 4.78 is 32.3. The molecule has 0 aliphatic rings. The predicted octanol–water partition coefficient (Wildman–Crippen LogP) is 4.01. The second-order valence-electron chi connectivity index (χ2n) is 6.49. The summed E-state index contributed by atoms with van der Waals surface area (Å²) in [5.41, 5.74) is 2.22. The van der Waals surface area contributed by atoms with E-state index in [-0.39, 0.29) is 4.90 Å². The molecule has 0 heterocycles. The lowest BCUT2D eigenvalue weighted by Crippen LogP contribution is -2.28. The van der Waals surface area contributed by atoms with E-state index in [0.29, 0.717) is 23.0 Å². The third-order valence-corrected chi connectivity index (χ3v) is 6.51. The van der Waals surface area contributed by atoms with E-state index in [4.69, 9.17) is 17.0 Å². The third kappa shape index (κ3) is 5.28. The second kappa shape index (κ2) is 9.60. The van der Waals surface area contributed by atoms with E-state index in [1.165, 1.54) is 11.4 Å². The zero-order valence-corrected chi connectivity index (χ0v) is 18.3. The number of para-hydroxylation sites is 1. The average Bonchev–Trinajstić information content (AvgIpc) is 2.78. The molecule has 0 aliphatic heterocycles. The van der Waals surface area contributed by atoms with Crippen LogP contribution >= 0.6 is 12.2 Å². The molecule has 0 spiro atoms. The van der Waals surface area contributed by atoms with Gasteiger partial charge < -0.3 is 15.4 Å². The molecule has 0 radical (unpaired) electrons. The monoisotopic (exact) mass is 441 g/mol. The number of benzene rings is 3. The molecule has 8 heteroatoms. The number of rotatable bonds is 7. The van der Waals surface area contributed by atoms with Gasteiger partial charge in [-0.3, -0.25) is 4.31 Å². The van der Waals surface area contributed by atoms with Crippen LogP contribution in [0.4, 0.5) is 11.4 Å². The molecular formula is C22H23N3O3S2. The van der Waals surface area contributed by atoms with Crippen LogP contribution in [0.1, 0.15) is 5.56 Å². The van der Waals surface area contributed by atoms with E-state index in [0.717, 1.165) is 11.3 Å². The van der Waals surface area contributed by atoms with Gasteiger partial charge in [-0.2, -0.15) is 0 Å². The van der Waals surface area contributed by atoms with E-state index in [2.05, 4.69) is 10.6 Å². The largest absolute Gasteiger partial charge is 0.497 e. The van der Waals surface area contributed by atoms with Gasteiger partial charge in [-0.25, -0.2) is 8.42 Å². The van der Waals surface area contributed by atoms with Crippen molar-refractivity contribution in [3.63, 3.8) is 0 Å². The molecule has 0 aromatic heterocycles. The Bertz CT molecular complexity index is 1100. The number of thiocarbonyl (C=S) groups is 1. The van der Waals surface area contributed by atoms with Gasteiger partial charge in [0.25, 0.3) is 10.0 Å². The van der Waals surface area contributed by atoms with E-state index in [1.807, 2.05) is 30.3 Å². The molecule has 0 bridgehead atoms. The lowest BCUT2D eigenvalue weighted by molar-refractivity contribution is 0.414. The fraction of sp³-hybridized carbons (Fsp3) is 0.136. The highest BCUT2D eigenvalue weighted by atomic mass is 32.2. The number of nitrogens with one attached hydrogen (secondary N) is 2. The molecule has 0 aliphatic carbocycles. The van der Waals surface area contributed by atoms with Crippen LogP contribution in [0.15, 0.2) is 83.8 Å². The minimum atomic E-state index is -3.69. The predicted molar refractivity (Wildman–Crippen MR) is 125 cm³/mol. The topological polar surface area (TPSA) is 70.7 Å². The van der Waals surface area contributed by atoms with Gasteiger partial charge in [0.2, 0.25) is 0 Å². The molecule has 156 valence electrons. The van der Waals surface area contributed by atoms with Gasteiger partial charge >= 0.3 is 0 Å². The summed E-state index contributed by atoms with van der Waals surface area (Å²) in [5, 5.41) is 6.55. The molecular weight excluding hydrogens is 418 g/mol. The zero-order chi connectivity index (χ0) is 21.6. The van der Waals surface area contributed by atoms with Gasteiger partial charge in [0.1, 0.15) is 5.75 Å². The Morgan fingerprint density at radius 3 is 2.37 bits per heavy atom. The molecule has 0 fully saturated rings. The van der Waals surface area contributed by atoms with E-state index < -0.39 is 10.0 Å². The van der Waals surface area contributed by atoms with Crippen LogP contribution in [0.2, 0.25) is 0 Å². The van der Waals surface area contributed by atoms with Crippen molar-refractivity contribution in [2.75, 3.05) is 23.8 Å². The van der Waals surface area contributed by atoms with E-state index in [1.54, 1.807) is 55.6 Å². The molecule has 0 unspecified atom stereocenters. The summed E-state index contributed by atoms with van der Waals surface area (Å²) >= 11 is 5.34. The first-order valence-electron chi connectivity index (χ1n) is 9.22. The fourth-order valence-corrected chi connectivity index (χ4v) is 4.20. The summed E-state index contributed by atoms with van der Waals surface area (Å²) in [6.45, 7) is 0.532.